The number of benzene rings is 1. The molecule has 1 aliphatic rings. The molecule has 3 N–H and O–H groups in total. The summed E-state index contributed by atoms with van der Waals surface area (Å²) in [7, 11) is 0. The van der Waals surface area contributed by atoms with Crippen molar-refractivity contribution >= 4 is 5.91 Å². The van der Waals surface area contributed by atoms with Gasteiger partial charge in [0.15, 0.2) is 0 Å². The highest BCUT2D eigenvalue weighted by Gasteiger charge is 2.31. The fraction of sp³-hybridized carbons (Fsp3) is 0.611. The number of hydrogen-bond acceptors (Lipinski definition) is 3. The van der Waals surface area contributed by atoms with E-state index in [1.165, 1.54) is 13.3 Å². The second kappa shape index (κ2) is 8.30. The third-order valence-electron chi connectivity index (χ3n) is 4.52. The summed E-state index contributed by atoms with van der Waals surface area (Å²) in [6, 6.07) is 10.3. The first-order chi connectivity index (χ1) is 10.6. The molecule has 0 radical (unpaired) electrons. The summed E-state index contributed by atoms with van der Waals surface area (Å²) in [4.78, 5) is 11.5. The zero-order valence-corrected chi connectivity index (χ0v) is 13.6. The highest BCUT2D eigenvalue weighted by molar-refractivity contribution is 5.73. The Bertz CT molecular complexity index is 463. The fourth-order valence-electron chi connectivity index (χ4n) is 3.31. The smallest absolute Gasteiger partial charge is 0.217 e. The largest absolute Gasteiger partial charge is 0.389 e. The molecule has 4 nitrogen and oxygen atoms in total. The highest BCUT2D eigenvalue weighted by atomic mass is 16.3. The summed E-state index contributed by atoms with van der Waals surface area (Å²) in [6.07, 6.45) is 4.42. The number of carbonyl (C=O) groups excluding carboxylic acids is 1. The first-order valence-corrected chi connectivity index (χ1v) is 8.35. The Balaban J connectivity index is 2.05. The van der Waals surface area contributed by atoms with E-state index in [1.807, 2.05) is 30.3 Å². The molecule has 4 heteroatoms. The number of piperidine rings is 1. The average Bonchev–Trinajstić information content (AvgIpc) is 2.54. The van der Waals surface area contributed by atoms with Crippen molar-refractivity contribution in [2.75, 3.05) is 0 Å². The second-order valence-corrected chi connectivity index (χ2v) is 6.30. The van der Waals surface area contributed by atoms with E-state index in [9.17, 15) is 9.90 Å². The molecule has 22 heavy (non-hydrogen) atoms. The van der Waals surface area contributed by atoms with Crippen LogP contribution in [0.2, 0.25) is 0 Å². The molecular formula is C18H28N2O2. The van der Waals surface area contributed by atoms with Crippen molar-refractivity contribution in [1.29, 1.82) is 0 Å². The molecule has 0 spiro atoms. The molecule has 3 unspecified atom stereocenters. The Morgan fingerprint density at radius 2 is 2.09 bits per heavy atom. The fourth-order valence-corrected chi connectivity index (χ4v) is 3.31. The van der Waals surface area contributed by atoms with Gasteiger partial charge in [0, 0.05) is 19.0 Å². The number of aliphatic hydroxyl groups excluding tert-OH is 1. The maximum atomic E-state index is 11.5. The molecule has 2 rings (SSSR count). The number of nitrogens with one attached hydrogen (secondary N) is 2. The second-order valence-electron chi connectivity index (χ2n) is 6.30. The van der Waals surface area contributed by atoms with E-state index in [0.29, 0.717) is 12.5 Å². The van der Waals surface area contributed by atoms with Crippen LogP contribution in [0.1, 0.15) is 45.1 Å². The molecule has 1 aromatic rings. The average molecular weight is 304 g/mol. The Hall–Kier alpha value is -1.39. The molecule has 0 aliphatic carbocycles. The lowest BCUT2D eigenvalue weighted by molar-refractivity contribution is -0.120. The van der Waals surface area contributed by atoms with Gasteiger partial charge in [-0.25, -0.2) is 0 Å². The number of hydrogen-bond donors (Lipinski definition) is 3. The third-order valence-corrected chi connectivity index (χ3v) is 4.52. The molecule has 4 atom stereocenters. The predicted octanol–water partition coefficient (Wildman–Crippen LogP) is 2.02. The van der Waals surface area contributed by atoms with Gasteiger partial charge in [-0.2, -0.15) is 0 Å². The quantitative estimate of drug-likeness (QED) is 0.753. The normalized spacial score (nSPS) is 24.5. The van der Waals surface area contributed by atoms with Gasteiger partial charge in [0.05, 0.1) is 12.1 Å². The lowest BCUT2D eigenvalue weighted by Crippen LogP contribution is -2.56. The zero-order valence-electron chi connectivity index (χ0n) is 13.6. The van der Waals surface area contributed by atoms with Crippen molar-refractivity contribution < 1.29 is 9.90 Å². The van der Waals surface area contributed by atoms with Crippen LogP contribution in [-0.2, 0) is 11.2 Å². The van der Waals surface area contributed by atoms with Crippen molar-refractivity contribution in [2.24, 2.45) is 0 Å². The van der Waals surface area contributed by atoms with Gasteiger partial charge in [0.1, 0.15) is 0 Å². The minimum absolute atomic E-state index is 0.0549. The summed E-state index contributed by atoms with van der Waals surface area (Å²) in [6.45, 7) is 3.68. The van der Waals surface area contributed by atoms with Crippen molar-refractivity contribution in [1.82, 2.24) is 10.6 Å². The van der Waals surface area contributed by atoms with E-state index in [0.717, 1.165) is 24.8 Å². The van der Waals surface area contributed by atoms with Crippen LogP contribution in [0.3, 0.4) is 0 Å². The summed E-state index contributed by atoms with van der Waals surface area (Å²) in [5, 5.41) is 17.3. The summed E-state index contributed by atoms with van der Waals surface area (Å²) in [5.74, 6) is -0.0946. The van der Waals surface area contributed by atoms with Crippen LogP contribution in [0.15, 0.2) is 30.3 Å². The van der Waals surface area contributed by atoms with Crippen LogP contribution in [0, 0.1) is 0 Å². The number of amides is 1. The lowest BCUT2D eigenvalue weighted by Gasteiger charge is -2.37. The van der Waals surface area contributed by atoms with E-state index < -0.39 is 6.10 Å². The van der Waals surface area contributed by atoms with Gasteiger partial charge in [-0.05, 0) is 31.2 Å². The van der Waals surface area contributed by atoms with Gasteiger partial charge in [0.25, 0.3) is 0 Å². The van der Waals surface area contributed by atoms with Crippen LogP contribution in [0.5, 0.6) is 0 Å². The molecule has 0 saturated carbocycles. The number of rotatable bonds is 6. The molecule has 1 fully saturated rings. The number of carbonyl (C=O) groups is 1. The monoisotopic (exact) mass is 304 g/mol. The van der Waals surface area contributed by atoms with Crippen molar-refractivity contribution in [2.45, 2.75) is 70.2 Å². The standard InChI is InChI=1S/C18H28N2O2/c1-3-15-10-7-11-16(20-15)18(22)17(19-13(2)21)12-14-8-5-4-6-9-14/h4-6,8-9,15-18,20,22H,3,7,10-12H2,1-2H3,(H,19,21)/t15?,16?,17-,18?/m0/s1. The van der Waals surface area contributed by atoms with Gasteiger partial charge < -0.3 is 15.7 Å². The molecule has 122 valence electrons. The molecule has 1 heterocycles. The summed E-state index contributed by atoms with van der Waals surface area (Å²) >= 11 is 0. The van der Waals surface area contributed by atoms with E-state index in [4.69, 9.17) is 0 Å². The van der Waals surface area contributed by atoms with Gasteiger partial charge >= 0.3 is 0 Å². The highest BCUT2D eigenvalue weighted by Crippen LogP contribution is 2.20. The van der Waals surface area contributed by atoms with Crippen LogP contribution in [0.25, 0.3) is 0 Å². The first-order valence-electron chi connectivity index (χ1n) is 8.35. The maximum Gasteiger partial charge on any atom is 0.217 e. The molecule has 0 aromatic heterocycles. The Morgan fingerprint density at radius 1 is 1.36 bits per heavy atom. The van der Waals surface area contributed by atoms with Gasteiger partial charge in [-0.3, -0.25) is 4.79 Å². The third kappa shape index (κ3) is 4.82. The summed E-state index contributed by atoms with van der Waals surface area (Å²) < 4.78 is 0. The first kappa shape index (κ1) is 17.0. The van der Waals surface area contributed by atoms with Crippen LogP contribution in [0.4, 0.5) is 0 Å². The van der Waals surface area contributed by atoms with Gasteiger partial charge in [-0.1, -0.05) is 43.7 Å². The molecule has 1 aliphatic heterocycles. The molecule has 0 bridgehead atoms. The van der Waals surface area contributed by atoms with Crippen LogP contribution < -0.4 is 10.6 Å². The topological polar surface area (TPSA) is 61.4 Å². The van der Waals surface area contributed by atoms with Gasteiger partial charge in [0.2, 0.25) is 5.91 Å². The maximum absolute atomic E-state index is 11.5. The van der Waals surface area contributed by atoms with E-state index >= 15 is 0 Å². The molecule has 1 amide bonds. The minimum Gasteiger partial charge on any atom is -0.389 e. The molecule has 1 aromatic carbocycles. The molecule has 1 saturated heterocycles. The van der Waals surface area contributed by atoms with Crippen molar-refractivity contribution in [3.05, 3.63) is 35.9 Å². The van der Waals surface area contributed by atoms with E-state index in [-0.39, 0.29) is 18.0 Å². The Labute approximate surface area is 133 Å². The molecular weight excluding hydrogens is 276 g/mol. The van der Waals surface area contributed by atoms with Crippen LogP contribution in [-0.4, -0.2) is 35.2 Å². The Kier molecular flexibility index (Phi) is 6.40. The lowest BCUT2D eigenvalue weighted by atomic mass is 9.88. The van der Waals surface area contributed by atoms with Crippen LogP contribution >= 0.6 is 0 Å². The minimum atomic E-state index is -0.571. The summed E-state index contributed by atoms with van der Waals surface area (Å²) in [5.41, 5.74) is 1.13. The zero-order chi connectivity index (χ0) is 15.9. The predicted molar refractivity (Wildman–Crippen MR) is 88.6 cm³/mol. The van der Waals surface area contributed by atoms with E-state index in [1.54, 1.807) is 0 Å². The van der Waals surface area contributed by atoms with E-state index in [2.05, 4.69) is 17.6 Å². The Morgan fingerprint density at radius 3 is 2.73 bits per heavy atom. The van der Waals surface area contributed by atoms with Crippen molar-refractivity contribution in [3.8, 4) is 0 Å². The van der Waals surface area contributed by atoms with Crippen molar-refractivity contribution in [3.63, 3.8) is 0 Å². The number of aliphatic hydroxyl groups is 1. The SMILES string of the molecule is CCC1CCCC(C(O)[C@H](Cc2ccccc2)NC(C)=O)N1. The van der Waals surface area contributed by atoms with Gasteiger partial charge in [-0.15, -0.1) is 0 Å².